The van der Waals surface area contributed by atoms with Crippen LogP contribution in [0.2, 0.25) is 0 Å². The lowest BCUT2D eigenvalue weighted by Gasteiger charge is -2.34. The Morgan fingerprint density at radius 2 is 1.74 bits per heavy atom. The van der Waals surface area contributed by atoms with Crippen LogP contribution in [0.4, 0.5) is 4.79 Å². The van der Waals surface area contributed by atoms with Crippen molar-refractivity contribution in [3.05, 3.63) is 29.8 Å². The van der Waals surface area contributed by atoms with Crippen molar-refractivity contribution in [3.63, 3.8) is 0 Å². The highest BCUT2D eigenvalue weighted by atomic mass is 16.6. The smallest absolute Gasteiger partial charge is 0.408 e. The average molecular weight is 437 g/mol. The van der Waals surface area contributed by atoms with E-state index < -0.39 is 48.1 Å². The summed E-state index contributed by atoms with van der Waals surface area (Å²) >= 11 is 0. The van der Waals surface area contributed by atoms with Crippen LogP contribution in [0.25, 0.3) is 0 Å². The highest BCUT2D eigenvalue weighted by molar-refractivity contribution is 5.92. The molecule has 0 saturated heterocycles. The van der Waals surface area contributed by atoms with E-state index in [0.717, 1.165) is 0 Å². The zero-order valence-electron chi connectivity index (χ0n) is 18.7. The first-order valence-corrected chi connectivity index (χ1v) is 9.77. The van der Waals surface area contributed by atoms with Crippen LogP contribution in [0.5, 0.6) is 5.75 Å². The predicted molar refractivity (Wildman–Crippen MR) is 112 cm³/mol. The lowest BCUT2D eigenvalue weighted by Crippen LogP contribution is -2.51. The third-order valence-electron chi connectivity index (χ3n) is 3.97. The van der Waals surface area contributed by atoms with Crippen LogP contribution in [-0.4, -0.2) is 65.7 Å². The molecule has 31 heavy (non-hydrogen) atoms. The van der Waals surface area contributed by atoms with Crippen molar-refractivity contribution in [3.8, 4) is 5.75 Å². The molecule has 1 aromatic rings. The number of nitrogens with one attached hydrogen (secondary N) is 2. The summed E-state index contributed by atoms with van der Waals surface area (Å²) in [6.07, 6.45) is -0.770. The molecule has 1 atom stereocenters. The number of ether oxygens (including phenoxy) is 2. The van der Waals surface area contributed by atoms with E-state index in [-0.39, 0.29) is 12.3 Å². The molecular weight excluding hydrogens is 406 g/mol. The maximum atomic E-state index is 13.0. The molecule has 3 amide bonds. The molecule has 3 N–H and O–H groups in total. The largest absolute Gasteiger partial charge is 0.508 e. The van der Waals surface area contributed by atoms with Crippen LogP contribution in [0.1, 0.15) is 46.2 Å². The molecule has 172 valence electrons. The first-order chi connectivity index (χ1) is 14.4. The Labute approximate surface area is 181 Å². The van der Waals surface area contributed by atoms with Gasteiger partial charge >= 0.3 is 12.1 Å². The molecule has 10 nitrogen and oxygen atoms in total. The van der Waals surface area contributed by atoms with E-state index in [1.54, 1.807) is 40.7 Å². The van der Waals surface area contributed by atoms with Crippen LogP contribution in [0, 0.1) is 0 Å². The van der Waals surface area contributed by atoms with Gasteiger partial charge in [-0.3, -0.25) is 14.4 Å². The molecule has 10 heteroatoms. The van der Waals surface area contributed by atoms with Gasteiger partial charge in [-0.1, -0.05) is 12.1 Å². The molecule has 0 fully saturated rings. The summed E-state index contributed by atoms with van der Waals surface area (Å²) in [4.78, 5) is 50.5. The summed E-state index contributed by atoms with van der Waals surface area (Å²) in [6, 6.07) is 4.28. The summed E-state index contributed by atoms with van der Waals surface area (Å²) in [7, 11) is 1.19. The molecular formula is C21H31N3O7. The van der Waals surface area contributed by atoms with E-state index in [2.05, 4.69) is 15.4 Å². The van der Waals surface area contributed by atoms with Gasteiger partial charge < -0.3 is 30.1 Å². The van der Waals surface area contributed by atoms with Gasteiger partial charge in [0.25, 0.3) is 0 Å². The predicted octanol–water partition coefficient (Wildman–Crippen LogP) is 1.48. The minimum atomic E-state index is -1.16. The first kappa shape index (κ1) is 25.7. The molecule has 0 spiro atoms. The summed E-state index contributed by atoms with van der Waals surface area (Å²) in [5.74, 6) is -1.94. The Morgan fingerprint density at radius 3 is 2.26 bits per heavy atom. The topological polar surface area (TPSA) is 134 Å². The number of benzene rings is 1. The monoisotopic (exact) mass is 437 g/mol. The second-order valence-corrected chi connectivity index (χ2v) is 8.04. The van der Waals surface area contributed by atoms with Gasteiger partial charge in [-0.2, -0.15) is 0 Å². The Balaban J connectivity index is 3.14. The minimum Gasteiger partial charge on any atom is -0.508 e. The first-order valence-electron chi connectivity index (χ1n) is 9.77. The van der Waals surface area contributed by atoms with E-state index in [1.165, 1.54) is 30.2 Å². The van der Waals surface area contributed by atoms with Crippen LogP contribution < -0.4 is 10.6 Å². The standard InChI is InChI=1S/C21H31N3O7/c1-13(2)24(16(26)11-23-20(29)31-21(3,4)5)18(14-8-7-9-15(25)10-14)19(28)22-12-17(27)30-6/h7-10,13,18,25H,11-12H2,1-6H3,(H,22,28)(H,23,29). The molecule has 0 bridgehead atoms. The molecule has 0 radical (unpaired) electrons. The molecule has 0 aliphatic carbocycles. The maximum Gasteiger partial charge on any atom is 0.408 e. The van der Waals surface area contributed by atoms with Gasteiger partial charge in [0.05, 0.1) is 7.11 Å². The summed E-state index contributed by atoms with van der Waals surface area (Å²) < 4.78 is 9.66. The van der Waals surface area contributed by atoms with Gasteiger partial charge in [0, 0.05) is 6.04 Å². The Hall–Kier alpha value is -3.30. The number of phenols is 1. The van der Waals surface area contributed by atoms with Crippen molar-refractivity contribution in [2.75, 3.05) is 20.2 Å². The summed E-state index contributed by atoms with van der Waals surface area (Å²) in [5, 5.41) is 14.7. The number of hydrogen-bond donors (Lipinski definition) is 3. The van der Waals surface area contributed by atoms with Crippen LogP contribution in [0.3, 0.4) is 0 Å². The Kier molecular flexibility index (Phi) is 9.29. The second-order valence-electron chi connectivity index (χ2n) is 8.04. The van der Waals surface area contributed by atoms with Crippen LogP contribution in [0.15, 0.2) is 24.3 Å². The number of nitrogens with zero attached hydrogens (tertiary/aromatic N) is 1. The zero-order valence-corrected chi connectivity index (χ0v) is 18.7. The third kappa shape index (κ3) is 8.53. The number of hydrogen-bond acceptors (Lipinski definition) is 7. The molecule has 0 aliphatic rings. The molecule has 0 heterocycles. The average Bonchev–Trinajstić information content (AvgIpc) is 2.66. The molecule has 0 aliphatic heterocycles. The number of rotatable bonds is 8. The van der Waals surface area contributed by atoms with Crippen molar-refractivity contribution >= 4 is 23.9 Å². The Morgan fingerprint density at radius 1 is 1.10 bits per heavy atom. The molecule has 0 aromatic heterocycles. The van der Waals surface area contributed by atoms with E-state index in [1.807, 2.05) is 0 Å². The van der Waals surface area contributed by atoms with Gasteiger partial charge in [0.15, 0.2) is 0 Å². The summed E-state index contributed by atoms with van der Waals surface area (Å²) in [5.41, 5.74) is -0.399. The van der Waals surface area contributed by atoms with Crippen molar-refractivity contribution < 1.29 is 33.8 Å². The van der Waals surface area contributed by atoms with Gasteiger partial charge in [-0.15, -0.1) is 0 Å². The number of phenolic OH excluding ortho intramolecular Hbond substituents is 1. The van der Waals surface area contributed by atoms with Crippen molar-refractivity contribution in [2.24, 2.45) is 0 Å². The SMILES string of the molecule is COC(=O)CNC(=O)C(c1cccc(O)c1)N(C(=O)CNC(=O)OC(C)(C)C)C(C)C. The van der Waals surface area contributed by atoms with E-state index >= 15 is 0 Å². The van der Waals surface area contributed by atoms with E-state index in [4.69, 9.17) is 4.74 Å². The van der Waals surface area contributed by atoms with Crippen molar-refractivity contribution in [1.82, 2.24) is 15.5 Å². The number of amides is 3. The Bertz CT molecular complexity index is 802. The second kappa shape index (κ2) is 11.2. The molecule has 1 unspecified atom stereocenters. The number of carbonyl (C=O) groups excluding carboxylic acids is 4. The van der Waals surface area contributed by atoms with E-state index in [9.17, 15) is 24.3 Å². The number of methoxy groups -OCH3 is 1. The molecule has 0 saturated carbocycles. The fourth-order valence-electron chi connectivity index (χ4n) is 2.74. The molecule has 1 rings (SSSR count). The fourth-order valence-corrected chi connectivity index (χ4v) is 2.74. The number of esters is 1. The maximum absolute atomic E-state index is 13.0. The lowest BCUT2D eigenvalue weighted by atomic mass is 10.0. The van der Waals surface area contributed by atoms with Gasteiger partial charge in [-0.05, 0) is 52.3 Å². The van der Waals surface area contributed by atoms with Crippen molar-refractivity contribution in [2.45, 2.75) is 52.3 Å². The minimum absolute atomic E-state index is 0.0914. The third-order valence-corrected chi connectivity index (χ3v) is 3.97. The number of aromatic hydroxyl groups is 1. The fraction of sp³-hybridized carbons (Fsp3) is 0.524. The zero-order chi connectivity index (χ0) is 23.8. The highest BCUT2D eigenvalue weighted by Gasteiger charge is 2.34. The van der Waals surface area contributed by atoms with Gasteiger partial charge in [-0.25, -0.2) is 4.79 Å². The normalized spacial score (nSPS) is 12.0. The van der Waals surface area contributed by atoms with Crippen LogP contribution >= 0.6 is 0 Å². The number of alkyl carbamates (subject to hydrolysis) is 1. The highest BCUT2D eigenvalue weighted by Crippen LogP contribution is 2.26. The van der Waals surface area contributed by atoms with Crippen LogP contribution in [-0.2, 0) is 23.9 Å². The summed E-state index contributed by atoms with van der Waals surface area (Å²) in [6.45, 7) is 7.69. The molecule has 1 aromatic carbocycles. The lowest BCUT2D eigenvalue weighted by molar-refractivity contribution is -0.144. The quantitative estimate of drug-likeness (QED) is 0.525. The van der Waals surface area contributed by atoms with Gasteiger partial charge in [0.1, 0.15) is 30.5 Å². The van der Waals surface area contributed by atoms with E-state index in [0.29, 0.717) is 5.56 Å². The van der Waals surface area contributed by atoms with Crippen molar-refractivity contribution in [1.29, 1.82) is 0 Å². The van der Waals surface area contributed by atoms with Gasteiger partial charge in [0.2, 0.25) is 11.8 Å². The number of carbonyl (C=O) groups is 4.